The molecule has 3 rings (SSSR count). The highest BCUT2D eigenvalue weighted by atomic mass is 35.5. The number of nitrogens with zero attached hydrogens (tertiary/aromatic N) is 5. The number of aromatic nitrogens is 5. The Morgan fingerprint density at radius 2 is 2.29 bits per heavy atom. The van der Waals surface area contributed by atoms with Gasteiger partial charge in [0, 0.05) is 12.0 Å². The van der Waals surface area contributed by atoms with Crippen molar-refractivity contribution in [1.82, 2.24) is 30.0 Å². The molecule has 1 saturated carbocycles. The minimum absolute atomic E-state index is 0.285. The van der Waals surface area contributed by atoms with Crippen molar-refractivity contribution in [3.8, 4) is 5.82 Å². The molecule has 1 aliphatic rings. The van der Waals surface area contributed by atoms with Gasteiger partial charge in [0.05, 0.1) is 6.04 Å². The molecular weight excluding hydrogens is 296 g/mol. The summed E-state index contributed by atoms with van der Waals surface area (Å²) in [7, 11) is 0. The molecular formula is C12H13ClN6O2. The molecule has 1 aliphatic carbocycles. The third-order valence-electron chi connectivity index (χ3n) is 3.15. The largest absolute Gasteiger partial charge is 0.465 e. The minimum atomic E-state index is -1.12. The zero-order chi connectivity index (χ0) is 15.0. The van der Waals surface area contributed by atoms with Crippen molar-refractivity contribution in [2.24, 2.45) is 0 Å². The number of halogens is 1. The van der Waals surface area contributed by atoms with E-state index in [-0.39, 0.29) is 5.15 Å². The Hall–Kier alpha value is -2.22. The van der Waals surface area contributed by atoms with Gasteiger partial charge in [-0.05, 0) is 19.8 Å². The van der Waals surface area contributed by atoms with Crippen LogP contribution in [0.15, 0.2) is 12.4 Å². The summed E-state index contributed by atoms with van der Waals surface area (Å²) in [5.41, 5.74) is 0. The molecule has 0 aliphatic heterocycles. The lowest BCUT2D eigenvalue weighted by Gasteiger charge is -2.11. The van der Waals surface area contributed by atoms with Crippen molar-refractivity contribution in [2.45, 2.75) is 31.7 Å². The predicted molar refractivity (Wildman–Crippen MR) is 73.5 cm³/mol. The van der Waals surface area contributed by atoms with E-state index in [1.807, 2.05) is 0 Å². The van der Waals surface area contributed by atoms with Gasteiger partial charge in [-0.1, -0.05) is 11.6 Å². The smallest absolute Gasteiger partial charge is 0.405 e. The molecule has 1 atom stereocenters. The molecule has 0 saturated heterocycles. The van der Waals surface area contributed by atoms with Gasteiger partial charge in [-0.15, -0.1) is 5.10 Å². The van der Waals surface area contributed by atoms with Gasteiger partial charge in [-0.25, -0.2) is 19.7 Å². The molecule has 0 aromatic carbocycles. The molecule has 2 aromatic heterocycles. The summed E-state index contributed by atoms with van der Waals surface area (Å²) in [6.07, 6.45) is 2.31. The van der Waals surface area contributed by atoms with Crippen LogP contribution in [0.25, 0.3) is 5.82 Å². The summed E-state index contributed by atoms with van der Waals surface area (Å²) in [5.74, 6) is 2.00. The molecule has 1 amide bonds. The van der Waals surface area contributed by atoms with Gasteiger partial charge in [0.1, 0.15) is 11.5 Å². The van der Waals surface area contributed by atoms with E-state index >= 15 is 0 Å². The van der Waals surface area contributed by atoms with Gasteiger partial charge < -0.3 is 10.4 Å². The second-order valence-corrected chi connectivity index (χ2v) is 5.27. The first kappa shape index (κ1) is 13.7. The second kappa shape index (κ2) is 5.28. The van der Waals surface area contributed by atoms with Crippen LogP contribution in [-0.2, 0) is 0 Å². The third kappa shape index (κ3) is 2.94. The van der Waals surface area contributed by atoms with Crippen molar-refractivity contribution >= 4 is 17.7 Å². The van der Waals surface area contributed by atoms with Crippen LogP contribution in [0, 0.1) is 0 Å². The number of rotatable bonds is 4. The number of hydrogen-bond acceptors (Lipinski definition) is 5. The van der Waals surface area contributed by atoms with E-state index in [0.29, 0.717) is 23.4 Å². The molecule has 0 spiro atoms. The van der Waals surface area contributed by atoms with E-state index < -0.39 is 12.1 Å². The van der Waals surface area contributed by atoms with Crippen LogP contribution in [0.2, 0.25) is 5.15 Å². The summed E-state index contributed by atoms with van der Waals surface area (Å²) in [6.45, 7) is 1.70. The summed E-state index contributed by atoms with van der Waals surface area (Å²) in [6, 6.07) is 1.04. The van der Waals surface area contributed by atoms with Gasteiger partial charge in [0.25, 0.3) is 0 Å². The first-order valence-corrected chi connectivity index (χ1v) is 6.86. The van der Waals surface area contributed by atoms with Crippen molar-refractivity contribution in [2.75, 3.05) is 0 Å². The standard InChI is InChI=1S/C12H13ClN6O2/c1-6(16-12(20)21)11-17-10(7-2-3-7)18-19(11)9-4-8(13)14-5-15-9/h4-7,16H,2-3H2,1H3,(H,20,21). The van der Waals surface area contributed by atoms with E-state index in [2.05, 4.69) is 25.4 Å². The van der Waals surface area contributed by atoms with Gasteiger partial charge in [0.15, 0.2) is 17.5 Å². The lowest BCUT2D eigenvalue weighted by molar-refractivity contribution is 0.190. The van der Waals surface area contributed by atoms with Crippen LogP contribution >= 0.6 is 11.6 Å². The maximum Gasteiger partial charge on any atom is 0.405 e. The number of hydrogen-bond donors (Lipinski definition) is 2. The van der Waals surface area contributed by atoms with E-state index in [1.165, 1.54) is 11.0 Å². The number of carboxylic acid groups (broad SMARTS) is 1. The molecule has 2 heterocycles. The Balaban J connectivity index is 2.02. The number of nitrogens with one attached hydrogen (secondary N) is 1. The van der Waals surface area contributed by atoms with E-state index in [1.54, 1.807) is 13.0 Å². The highest BCUT2D eigenvalue weighted by Crippen LogP contribution is 2.38. The number of amides is 1. The zero-order valence-corrected chi connectivity index (χ0v) is 11.9. The molecule has 8 nitrogen and oxygen atoms in total. The molecule has 110 valence electrons. The fraction of sp³-hybridized carbons (Fsp3) is 0.417. The van der Waals surface area contributed by atoms with Crippen LogP contribution < -0.4 is 5.32 Å². The Labute approximate surface area is 125 Å². The van der Waals surface area contributed by atoms with Crippen LogP contribution in [0.4, 0.5) is 4.79 Å². The SMILES string of the molecule is CC(NC(=O)O)c1nc(C2CC2)nn1-c1cc(Cl)ncn1. The summed E-state index contributed by atoms with van der Waals surface area (Å²) < 4.78 is 1.52. The summed E-state index contributed by atoms with van der Waals surface area (Å²) in [4.78, 5) is 23.2. The maximum absolute atomic E-state index is 10.8. The Morgan fingerprint density at radius 3 is 2.90 bits per heavy atom. The first-order chi connectivity index (χ1) is 10.0. The average molecular weight is 309 g/mol. The van der Waals surface area contributed by atoms with Crippen molar-refractivity contribution < 1.29 is 9.90 Å². The van der Waals surface area contributed by atoms with Crippen LogP contribution in [0.5, 0.6) is 0 Å². The average Bonchev–Trinajstić information content (AvgIpc) is 3.17. The van der Waals surface area contributed by atoms with Gasteiger partial charge in [-0.3, -0.25) is 0 Å². The van der Waals surface area contributed by atoms with E-state index in [4.69, 9.17) is 16.7 Å². The number of carbonyl (C=O) groups is 1. The Morgan fingerprint density at radius 1 is 1.52 bits per heavy atom. The normalized spacial score (nSPS) is 15.7. The topological polar surface area (TPSA) is 106 Å². The van der Waals surface area contributed by atoms with Crippen LogP contribution in [0.3, 0.4) is 0 Å². The van der Waals surface area contributed by atoms with Gasteiger partial charge >= 0.3 is 6.09 Å². The molecule has 9 heteroatoms. The van der Waals surface area contributed by atoms with Gasteiger partial charge in [-0.2, -0.15) is 4.68 Å². The van der Waals surface area contributed by atoms with Crippen LogP contribution in [-0.4, -0.2) is 35.9 Å². The van der Waals surface area contributed by atoms with Crippen molar-refractivity contribution in [1.29, 1.82) is 0 Å². The Bertz CT molecular complexity index is 684. The van der Waals surface area contributed by atoms with Crippen molar-refractivity contribution in [3.63, 3.8) is 0 Å². The van der Waals surface area contributed by atoms with Crippen LogP contribution in [0.1, 0.15) is 43.4 Å². The second-order valence-electron chi connectivity index (χ2n) is 4.88. The van der Waals surface area contributed by atoms with Gasteiger partial charge in [0.2, 0.25) is 0 Å². The molecule has 21 heavy (non-hydrogen) atoms. The fourth-order valence-electron chi connectivity index (χ4n) is 1.99. The molecule has 0 radical (unpaired) electrons. The molecule has 1 fully saturated rings. The predicted octanol–water partition coefficient (Wildman–Crippen LogP) is 1.92. The molecule has 2 aromatic rings. The monoisotopic (exact) mass is 308 g/mol. The molecule has 2 N–H and O–H groups in total. The lowest BCUT2D eigenvalue weighted by atomic mass is 10.3. The minimum Gasteiger partial charge on any atom is -0.465 e. The molecule has 0 bridgehead atoms. The third-order valence-corrected chi connectivity index (χ3v) is 3.36. The Kier molecular flexibility index (Phi) is 3.46. The maximum atomic E-state index is 10.8. The lowest BCUT2D eigenvalue weighted by Crippen LogP contribution is -2.27. The zero-order valence-electron chi connectivity index (χ0n) is 11.2. The van der Waals surface area contributed by atoms with E-state index in [0.717, 1.165) is 12.8 Å². The highest BCUT2D eigenvalue weighted by molar-refractivity contribution is 6.29. The summed E-state index contributed by atoms with van der Waals surface area (Å²) >= 11 is 5.87. The fourth-order valence-corrected chi connectivity index (χ4v) is 2.14. The van der Waals surface area contributed by atoms with E-state index in [9.17, 15) is 4.79 Å². The first-order valence-electron chi connectivity index (χ1n) is 6.49. The molecule has 1 unspecified atom stereocenters. The quantitative estimate of drug-likeness (QED) is 0.836. The summed E-state index contributed by atoms with van der Waals surface area (Å²) in [5, 5.41) is 16.0. The van der Waals surface area contributed by atoms with Crippen molar-refractivity contribution in [3.05, 3.63) is 29.2 Å². The highest BCUT2D eigenvalue weighted by Gasteiger charge is 2.30.